The molecule has 0 N–H and O–H groups in total. The van der Waals surface area contributed by atoms with Crippen LogP contribution in [0.4, 0.5) is 8.78 Å². The van der Waals surface area contributed by atoms with E-state index >= 15 is 0 Å². The Hall–Kier alpha value is -3.14. The van der Waals surface area contributed by atoms with Gasteiger partial charge in [0.1, 0.15) is 17.9 Å². The summed E-state index contributed by atoms with van der Waals surface area (Å²) in [5, 5.41) is 0.219. The van der Waals surface area contributed by atoms with Crippen LogP contribution in [0, 0.1) is 11.6 Å². The van der Waals surface area contributed by atoms with Gasteiger partial charge in [-0.3, -0.25) is 0 Å². The van der Waals surface area contributed by atoms with Crippen LogP contribution in [-0.4, -0.2) is 0 Å². The average Bonchev–Trinajstić information content (AvgIpc) is 3.15. The lowest BCUT2D eigenvalue weighted by molar-refractivity contribution is 0.306. The van der Waals surface area contributed by atoms with E-state index in [1.807, 2.05) is 61.5 Å². The minimum Gasteiger partial charge on any atom is -0.489 e. The summed E-state index contributed by atoms with van der Waals surface area (Å²) in [6.07, 6.45) is 2.06. The van der Waals surface area contributed by atoms with Gasteiger partial charge < -0.3 is 9.15 Å². The number of hydrogen-bond donors (Lipinski definition) is 0. The van der Waals surface area contributed by atoms with Crippen LogP contribution in [0.3, 0.4) is 0 Å². The Morgan fingerprint density at radius 3 is 2.41 bits per heavy atom. The molecule has 27 heavy (non-hydrogen) atoms. The Kier molecular flexibility index (Phi) is 4.63. The SMILES string of the molecule is CCc1coc2c(-c3ccc(OCc4ccccc4)cc3)cc(F)c(F)c12. The maximum atomic E-state index is 14.2. The fourth-order valence-electron chi connectivity index (χ4n) is 3.15. The van der Waals surface area contributed by atoms with Crippen molar-refractivity contribution >= 4 is 11.0 Å². The molecule has 0 fully saturated rings. The van der Waals surface area contributed by atoms with Crippen molar-refractivity contribution in [3.05, 3.63) is 89.7 Å². The van der Waals surface area contributed by atoms with E-state index in [0.29, 0.717) is 35.5 Å². The number of aryl methyl sites for hydroxylation is 1. The van der Waals surface area contributed by atoms with Crippen LogP contribution in [-0.2, 0) is 13.0 Å². The first kappa shape index (κ1) is 17.3. The molecule has 0 amide bonds. The van der Waals surface area contributed by atoms with Crippen molar-refractivity contribution in [2.45, 2.75) is 20.0 Å². The predicted molar refractivity (Wildman–Crippen MR) is 102 cm³/mol. The fraction of sp³-hybridized carbons (Fsp3) is 0.130. The number of rotatable bonds is 5. The van der Waals surface area contributed by atoms with Gasteiger partial charge in [0.15, 0.2) is 11.6 Å². The minimum atomic E-state index is -0.877. The molecule has 0 saturated heterocycles. The molecule has 0 spiro atoms. The summed E-state index contributed by atoms with van der Waals surface area (Å²) >= 11 is 0. The summed E-state index contributed by atoms with van der Waals surface area (Å²) in [7, 11) is 0. The third kappa shape index (κ3) is 3.31. The highest BCUT2D eigenvalue weighted by atomic mass is 19.2. The van der Waals surface area contributed by atoms with Crippen LogP contribution in [0.1, 0.15) is 18.1 Å². The van der Waals surface area contributed by atoms with Gasteiger partial charge in [-0.25, -0.2) is 8.78 Å². The Balaban J connectivity index is 1.64. The van der Waals surface area contributed by atoms with E-state index in [9.17, 15) is 8.78 Å². The molecule has 4 aromatic rings. The van der Waals surface area contributed by atoms with Gasteiger partial charge in [0, 0.05) is 11.1 Å². The Bertz CT molecular complexity index is 1070. The Labute approximate surface area is 156 Å². The topological polar surface area (TPSA) is 22.4 Å². The van der Waals surface area contributed by atoms with Gasteiger partial charge in [0.05, 0.1) is 11.6 Å². The average molecular weight is 364 g/mol. The molecule has 0 unspecified atom stereocenters. The largest absolute Gasteiger partial charge is 0.489 e. The number of halogens is 2. The van der Waals surface area contributed by atoms with Crippen LogP contribution < -0.4 is 4.74 Å². The van der Waals surface area contributed by atoms with Crippen molar-refractivity contribution in [1.29, 1.82) is 0 Å². The fourth-order valence-corrected chi connectivity index (χ4v) is 3.15. The monoisotopic (exact) mass is 364 g/mol. The highest BCUT2D eigenvalue weighted by Gasteiger charge is 2.19. The lowest BCUT2D eigenvalue weighted by Gasteiger charge is -2.09. The van der Waals surface area contributed by atoms with Crippen molar-refractivity contribution in [2.24, 2.45) is 0 Å². The lowest BCUT2D eigenvalue weighted by Crippen LogP contribution is -1.95. The molecule has 4 heteroatoms. The molecule has 0 aliphatic carbocycles. The van der Waals surface area contributed by atoms with Gasteiger partial charge in [0.2, 0.25) is 0 Å². The maximum absolute atomic E-state index is 14.2. The van der Waals surface area contributed by atoms with Crippen molar-refractivity contribution in [3.63, 3.8) is 0 Å². The van der Waals surface area contributed by atoms with Gasteiger partial charge in [-0.15, -0.1) is 0 Å². The van der Waals surface area contributed by atoms with Crippen LogP contribution in [0.15, 0.2) is 71.3 Å². The van der Waals surface area contributed by atoms with Crippen LogP contribution >= 0.6 is 0 Å². The normalized spacial score (nSPS) is 11.1. The first-order chi connectivity index (χ1) is 13.2. The van der Waals surface area contributed by atoms with Crippen molar-refractivity contribution in [2.75, 3.05) is 0 Å². The van der Waals surface area contributed by atoms with Crippen LogP contribution in [0.25, 0.3) is 22.1 Å². The number of ether oxygens (including phenoxy) is 1. The molecular formula is C23H18F2O2. The minimum absolute atomic E-state index is 0.219. The number of benzene rings is 3. The van der Waals surface area contributed by atoms with Gasteiger partial charge in [-0.2, -0.15) is 0 Å². The summed E-state index contributed by atoms with van der Waals surface area (Å²) < 4.78 is 39.7. The third-order valence-corrected chi connectivity index (χ3v) is 4.61. The van der Waals surface area contributed by atoms with E-state index < -0.39 is 11.6 Å². The van der Waals surface area contributed by atoms with E-state index in [-0.39, 0.29) is 5.39 Å². The van der Waals surface area contributed by atoms with Crippen molar-refractivity contribution < 1.29 is 17.9 Å². The molecule has 4 rings (SSSR count). The van der Waals surface area contributed by atoms with Crippen LogP contribution in [0.2, 0.25) is 0 Å². The van der Waals surface area contributed by atoms with Crippen molar-refractivity contribution in [1.82, 2.24) is 0 Å². The van der Waals surface area contributed by atoms with E-state index in [4.69, 9.17) is 9.15 Å². The standard InChI is InChI=1S/C23H18F2O2/c1-2-16-14-27-23-19(12-20(24)22(25)21(16)23)17-8-10-18(11-9-17)26-13-15-6-4-3-5-7-15/h3-12,14H,2,13H2,1H3. The summed E-state index contributed by atoms with van der Waals surface area (Å²) in [4.78, 5) is 0. The van der Waals surface area contributed by atoms with E-state index in [0.717, 1.165) is 11.1 Å². The summed E-state index contributed by atoms with van der Waals surface area (Å²) in [6, 6.07) is 18.3. The molecule has 0 aliphatic rings. The van der Waals surface area contributed by atoms with E-state index in [1.165, 1.54) is 12.3 Å². The molecule has 2 nitrogen and oxygen atoms in total. The molecular weight excluding hydrogens is 346 g/mol. The number of fused-ring (bicyclic) bond motifs is 1. The highest BCUT2D eigenvalue weighted by molar-refractivity contribution is 5.95. The first-order valence-electron chi connectivity index (χ1n) is 8.82. The Morgan fingerprint density at radius 2 is 1.70 bits per heavy atom. The third-order valence-electron chi connectivity index (χ3n) is 4.61. The second-order valence-electron chi connectivity index (χ2n) is 6.34. The summed E-state index contributed by atoms with van der Waals surface area (Å²) in [5.74, 6) is -1.03. The smallest absolute Gasteiger partial charge is 0.170 e. The molecule has 3 aromatic carbocycles. The summed E-state index contributed by atoms with van der Waals surface area (Å²) in [6.45, 7) is 2.35. The van der Waals surface area contributed by atoms with E-state index in [1.54, 1.807) is 0 Å². The number of furan rings is 1. The first-order valence-corrected chi connectivity index (χ1v) is 8.82. The van der Waals surface area contributed by atoms with Gasteiger partial charge in [0.25, 0.3) is 0 Å². The second-order valence-corrected chi connectivity index (χ2v) is 6.34. The lowest BCUT2D eigenvalue weighted by atomic mass is 10.0. The van der Waals surface area contributed by atoms with Crippen LogP contribution in [0.5, 0.6) is 5.75 Å². The number of hydrogen-bond acceptors (Lipinski definition) is 2. The summed E-state index contributed by atoms with van der Waals surface area (Å²) in [5.41, 5.74) is 3.36. The van der Waals surface area contributed by atoms with Gasteiger partial charge in [-0.1, -0.05) is 49.4 Å². The molecule has 0 bridgehead atoms. The molecule has 0 aliphatic heterocycles. The molecule has 0 radical (unpaired) electrons. The maximum Gasteiger partial charge on any atom is 0.170 e. The predicted octanol–water partition coefficient (Wildman–Crippen LogP) is 6.52. The zero-order valence-electron chi connectivity index (χ0n) is 14.8. The molecule has 1 aromatic heterocycles. The van der Waals surface area contributed by atoms with Crippen molar-refractivity contribution in [3.8, 4) is 16.9 Å². The zero-order valence-corrected chi connectivity index (χ0v) is 14.8. The van der Waals surface area contributed by atoms with Gasteiger partial charge in [-0.05, 0) is 35.7 Å². The molecule has 0 saturated carbocycles. The molecule has 0 atom stereocenters. The zero-order chi connectivity index (χ0) is 18.8. The van der Waals surface area contributed by atoms with Gasteiger partial charge >= 0.3 is 0 Å². The second kappa shape index (κ2) is 7.23. The Morgan fingerprint density at radius 1 is 0.963 bits per heavy atom. The molecule has 136 valence electrons. The molecule has 1 heterocycles. The highest BCUT2D eigenvalue weighted by Crippen LogP contribution is 2.36. The quantitative estimate of drug-likeness (QED) is 0.402. The van der Waals surface area contributed by atoms with E-state index in [2.05, 4.69) is 0 Å².